The molecule has 0 N–H and O–H groups in total. The van der Waals surface area contributed by atoms with Crippen LogP contribution < -0.4 is 0 Å². The van der Waals surface area contributed by atoms with Crippen LogP contribution in [0.15, 0.2) is 29.2 Å². The van der Waals surface area contributed by atoms with E-state index in [9.17, 15) is 8.42 Å². The summed E-state index contributed by atoms with van der Waals surface area (Å²) in [6, 6.07) is 7.07. The van der Waals surface area contributed by atoms with Crippen molar-refractivity contribution in [3.8, 4) is 0 Å². The Morgan fingerprint density at radius 3 is 2.05 bits per heavy atom. The summed E-state index contributed by atoms with van der Waals surface area (Å²) in [5.74, 6) is 0. The van der Waals surface area contributed by atoms with Crippen LogP contribution in [0, 0.1) is 6.92 Å². The highest BCUT2D eigenvalue weighted by molar-refractivity contribution is 9.09. The molecule has 1 aromatic carbocycles. The number of benzene rings is 1. The number of sulfonamides is 1. The van der Waals surface area contributed by atoms with Gasteiger partial charge in [-0.2, -0.15) is 4.31 Å². The van der Waals surface area contributed by atoms with Crippen LogP contribution >= 0.6 is 31.9 Å². The van der Waals surface area contributed by atoms with Gasteiger partial charge in [0, 0.05) is 12.1 Å². The molecule has 0 unspecified atom stereocenters. The summed E-state index contributed by atoms with van der Waals surface area (Å²) in [7, 11) is -3.49. The molecule has 120 valence electrons. The molecule has 0 saturated carbocycles. The zero-order valence-corrected chi connectivity index (χ0v) is 16.0. The zero-order chi connectivity index (χ0) is 15.6. The Labute approximate surface area is 147 Å². The number of alkyl halides is 2. The summed E-state index contributed by atoms with van der Waals surface area (Å²) >= 11 is 7.34. The van der Waals surface area contributed by atoms with Crippen LogP contribution in [0.2, 0.25) is 0 Å². The summed E-state index contributed by atoms with van der Waals surface area (Å²) in [6.45, 7) is 1.96. The van der Waals surface area contributed by atoms with Gasteiger partial charge in [0.1, 0.15) is 0 Å². The van der Waals surface area contributed by atoms with Crippen LogP contribution in [-0.2, 0) is 14.8 Å². The van der Waals surface area contributed by atoms with E-state index >= 15 is 0 Å². The average Bonchev–Trinajstić information content (AvgIpc) is 2.46. The molecule has 0 aromatic heterocycles. The van der Waals surface area contributed by atoms with E-state index in [1.807, 2.05) is 19.1 Å². The minimum atomic E-state index is -3.49. The van der Waals surface area contributed by atoms with Crippen molar-refractivity contribution >= 4 is 41.9 Å². The molecule has 4 fully saturated rings. The van der Waals surface area contributed by atoms with E-state index in [4.69, 9.17) is 4.74 Å². The molecule has 4 aliphatic rings. The molecule has 4 aliphatic heterocycles. The molecule has 0 radical (unpaired) electrons. The fourth-order valence-electron chi connectivity index (χ4n) is 3.90. The second kappa shape index (κ2) is 5.28. The number of rotatable bonds is 2. The van der Waals surface area contributed by atoms with Crippen LogP contribution in [0.5, 0.6) is 0 Å². The van der Waals surface area contributed by atoms with Crippen molar-refractivity contribution < 1.29 is 13.2 Å². The maximum absolute atomic E-state index is 13.2. The number of ether oxygens (including phenoxy) is 1. The molecular weight excluding hydrogens is 434 g/mol. The van der Waals surface area contributed by atoms with E-state index in [1.165, 1.54) is 0 Å². The predicted molar refractivity (Wildman–Crippen MR) is 91.1 cm³/mol. The molecule has 5 rings (SSSR count). The van der Waals surface area contributed by atoms with Crippen LogP contribution in [-0.4, -0.2) is 46.7 Å². The maximum atomic E-state index is 13.2. The lowest BCUT2D eigenvalue weighted by atomic mass is 9.80. The smallest absolute Gasteiger partial charge is 0.243 e. The molecule has 4 nitrogen and oxygen atoms in total. The molecule has 0 aliphatic carbocycles. The fraction of sp³-hybridized carbons (Fsp3) is 0.600. The lowest BCUT2D eigenvalue weighted by molar-refractivity contribution is -0.148. The zero-order valence-electron chi connectivity index (χ0n) is 12.0. The Balaban J connectivity index is 1.76. The van der Waals surface area contributed by atoms with Crippen molar-refractivity contribution in [1.29, 1.82) is 0 Å². The summed E-state index contributed by atoms with van der Waals surface area (Å²) < 4.78 is 34.1. The molecule has 0 amide bonds. The Morgan fingerprint density at radius 2 is 1.55 bits per heavy atom. The van der Waals surface area contributed by atoms with Crippen molar-refractivity contribution in [2.45, 2.75) is 58.6 Å². The average molecular weight is 451 g/mol. The summed E-state index contributed by atoms with van der Waals surface area (Å²) in [6.07, 6.45) is 1.72. The lowest BCUT2D eigenvalue weighted by Crippen LogP contribution is -2.72. The van der Waals surface area contributed by atoms with Gasteiger partial charge >= 0.3 is 0 Å². The maximum Gasteiger partial charge on any atom is 0.243 e. The van der Waals surface area contributed by atoms with Crippen molar-refractivity contribution in [3.05, 3.63) is 29.8 Å². The van der Waals surface area contributed by atoms with Crippen molar-refractivity contribution in [1.82, 2.24) is 4.31 Å². The van der Waals surface area contributed by atoms with Gasteiger partial charge in [0.25, 0.3) is 0 Å². The molecule has 7 heteroatoms. The summed E-state index contributed by atoms with van der Waals surface area (Å²) in [5.41, 5.74) is 1.06. The summed E-state index contributed by atoms with van der Waals surface area (Å²) in [5, 5.41) is 0. The first kappa shape index (κ1) is 15.6. The Bertz CT molecular complexity index is 671. The molecule has 4 bridgehead atoms. The van der Waals surface area contributed by atoms with Gasteiger partial charge in [-0.15, -0.1) is 0 Å². The topological polar surface area (TPSA) is 46.6 Å². The van der Waals surface area contributed by atoms with E-state index in [2.05, 4.69) is 31.9 Å². The number of hydrogen-bond acceptors (Lipinski definition) is 3. The molecule has 4 heterocycles. The van der Waals surface area contributed by atoms with Gasteiger partial charge in [-0.05, 0) is 31.9 Å². The van der Waals surface area contributed by atoms with Gasteiger partial charge in [-0.1, -0.05) is 49.6 Å². The van der Waals surface area contributed by atoms with Gasteiger partial charge in [-0.3, -0.25) is 0 Å². The van der Waals surface area contributed by atoms with Crippen LogP contribution in [0.3, 0.4) is 0 Å². The van der Waals surface area contributed by atoms with E-state index < -0.39 is 10.0 Å². The second-order valence-corrected chi connectivity index (χ2v) is 10.3. The third-order valence-corrected chi connectivity index (χ3v) is 9.36. The van der Waals surface area contributed by atoms with Crippen LogP contribution in [0.1, 0.15) is 18.4 Å². The monoisotopic (exact) mass is 449 g/mol. The summed E-state index contributed by atoms with van der Waals surface area (Å²) in [4.78, 5) is 0.520. The lowest BCUT2D eigenvalue weighted by Gasteiger charge is -2.59. The van der Waals surface area contributed by atoms with E-state index in [0.29, 0.717) is 4.90 Å². The van der Waals surface area contributed by atoms with Gasteiger partial charge in [-0.25, -0.2) is 8.42 Å². The minimum Gasteiger partial charge on any atom is -0.372 e. The predicted octanol–water partition coefficient (Wildman–Crippen LogP) is 2.82. The van der Waals surface area contributed by atoms with Gasteiger partial charge in [0.2, 0.25) is 10.0 Å². The van der Waals surface area contributed by atoms with Crippen molar-refractivity contribution in [3.63, 3.8) is 0 Å². The first-order chi connectivity index (χ1) is 10.4. The number of hydrogen-bond donors (Lipinski definition) is 0. The number of halogens is 2. The molecule has 22 heavy (non-hydrogen) atoms. The fourth-order valence-corrected chi connectivity index (χ4v) is 7.71. The first-order valence-corrected chi connectivity index (χ1v) is 10.7. The molecular formula is C15H17Br2NO3S. The quantitative estimate of drug-likeness (QED) is 0.651. The standard InChI is InChI=1S/C15H17Br2NO3S/c1-8-2-4-9(5-3-8)22(19,20)18-10-6-12-15(17)11(18)7-13(21-12)14(10)16/h2-5,10-15H,6-7H2,1H3/t10-,11-,12-,13-,14-,15-/m0/s1. The largest absolute Gasteiger partial charge is 0.372 e. The Hall–Kier alpha value is 0.0500. The van der Waals surface area contributed by atoms with Gasteiger partial charge in [0.15, 0.2) is 0 Å². The third-order valence-electron chi connectivity index (χ3n) is 4.99. The minimum absolute atomic E-state index is 0.0254. The van der Waals surface area contributed by atoms with E-state index in [1.54, 1.807) is 16.4 Å². The normalized spacial score (nSPS) is 41.0. The number of piperidine rings is 2. The highest BCUT2D eigenvalue weighted by atomic mass is 79.9. The van der Waals surface area contributed by atoms with Crippen molar-refractivity contribution in [2.24, 2.45) is 0 Å². The molecule has 1 aromatic rings. The highest BCUT2D eigenvalue weighted by Gasteiger charge is 2.60. The number of aryl methyl sites for hydroxylation is 1. The second-order valence-electron chi connectivity index (χ2n) is 6.36. The Kier molecular flexibility index (Phi) is 3.73. The number of nitrogens with zero attached hydrogens (tertiary/aromatic N) is 1. The van der Waals surface area contributed by atoms with Gasteiger partial charge in [0.05, 0.1) is 26.8 Å². The third kappa shape index (κ3) is 2.16. The molecule has 6 atom stereocenters. The first-order valence-electron chi connectivity index (χ1n) is 7.43. The molecule has 0 spiro atoms. The van der Waals surface area contributed by atoms with Crippen LogP contribution in [0.4, 0.5) is 0 Å². The Morgan fingerprint density at radius 1 is 1.05 bits per heavy atom. The van der Waals surface area contributed by atoms with Crippen LogP contribution in [0.25, 0.3) is 0 Å². The van der Waals surface area contributed by atoms with E-state index in [-0.39, 0.29) is 33.9 Å². The van der Waals surface area contributed by atoms with Crippen molar-refractivity contribution in [2.75, 3.05) is 0 Å². The molecule has 4 saturated heterocycles. The van der Waals surface area contributed by atoms with E-state index in [0.717, 1.165) is 18.4 Å². The van der Waals surface area contributed by atoms with Gasteiger partial charge < -0.3 is 4.74 Å². The SMILES string of the molecule is Cc1ccc(S(=O)(=O)N2[C@H]3C[C@@H]4O[C@@H](C[C@H]2[C@@H]4Br)[C@H]3Br)cc1. The highest BCUT2D eigenvalue weighted by Crippen LogP contribution is 2.49.